The molecule has 0 heterocycles. The van der Waals surface area contributed by atoms with Crippen LogP contribution in [0.15, 0.2) is 16.6 Å². The van der Waals surface area contributed by atoms with Crippen molar-refractivity contribution in [3.05, 3.63) is 27.4 Å². The van der Waals surface area contributed by atoms with Gasteiger partial charge in [-0.05, 0) is 46.8 Å². The summed E-state index contributed by atoms with van der Waals surface area (Å²) < 4.78 is 13.8. The molecule has 0 aromatic heterocycles. The van der Waals surface area contributed by atoms with E-state index in [1.807, 2.05) is 0 Å². The molecule has 1 nitrogen and oxygen atoms in total. The second-order valence-electron chi connectivity index (χ2n) is 4.74. The first-order valence-corrected chi connectivity index (χ1v) is 7.56. The highest BCUT2D eigenvalue weighted by Crippen LogP contribution is 2.33. The molecule has 102 valence electrons. The van der Waals surface area contributed by atoms with Crippen LogP contribution >= 0.6 is 27.5 Å². The number of anilines is 1. The third-order valence-corrected chi connectivity index (χ3v) is 4.16. The van der Waals surface area contributed by atoms with E-state index in [1.54, 1.807) is 0 Å². The van der Waals surface area contributed by atoms with Crippen molar-refractivity contribution in [3.63, 3.8) is 0 Å². The standard InChI is InChI=1S/C14H20BrClFN/c1-4-9(3)6-11(5-2)18-14-12(15)7-10(17)8-13(14)16/h7-9,11,18H,4-6H2,1-3H3. The quantitative estimate of drug-likeness (QED) is 0.685. The van der Waals surface area contributed by atoms with Gasteiger partial charge in [-0.3, -0.25) is 0 Å². The molecule has 2 unspecified atom stereocenters. The maximum absolute atomic E-state index is 13.2. The lowest BCUT2D eigenvalue weighted by Crippen LogP contribution is -2.21. The summed E-state index contributed by atoms with van der Waals surface area (Å²) in [7, 11) is 0. The Kier molecular flexibility index (Phi) is 6.44. The van der Waals surface area contributed by atoms with E-state index in [-0.39, 0.29) is 5.82 Å². The molecule has 1 aromatic carbocycles. The molecule has 4 heteroatoms. The van der Waals surface area contributed by atoms with Crippen LogP contribution in [0.5, 0.6) is 0 Å². The summed E-state index contributed by atoms with van der Waals surface area (Å²) in [6, 6.07) is 3.13. The summed E-state index contributed by atoms with van der Waals surface area (Å²) in [4.78, 5) is 0. The monoisotopic (exact) mass is 335 g/mol. The molecule has 0 aliphatic carbocycles. The predicted molar refractivity (Wildman–Crippen MR) is 80.9 cm³/mol. The number of rotatable bonds is 6. The lowest BCUT2D eigenvalue weighted by atomic mass is 9.97. The van der Waals surface area contributed by atoms with E-state index in [4.69, 9.17) is 11.6 Å². The molecule has 0 aliphatic rings. The Morgan fingerprint density at radius 1 is 1.33 bits per heavy atom. The Labute approximate surface area is 122 Å². The average molecular weight is 337 g/mol. The van der Waals surface area contributed by atoms with E-state index < -0.39 is 0 Å². The predicted octanol–water partition coefficient (Wildman–Crippen LogP) is 5.87. The van der Waals surface area contributed by atoms with Crippen molar-refractivity contribution >= 4 is 33.2 Å². The van der Waals surface area contributed by atoms with Crippen molar-refractivity contribution in [2.45, 2.75) is 46.1 Å². The summed E-state index contributed by atoms with van der Waals surface area (Å²) in [5.41, 5.74) is 0.785. The fourth-order valence-electron chi connectivity index (χ4n) is 1.86. The van der Waals surface area contributed by atoms with E-state index in [9.17, 15) is 4.39 Å². The van der Waals surface area contributed by atoms with Gasteiger partial charge in [-0.1, -0.05) is 38.8 Å². The van der Waals surface area contributed by atoms with Gasteiger partial charge in [0.2, 0.25) is 0 Å². The minimum absolute atomic E-state index is 0.326. The molecule has 0 aliphatic heterocycles. The van der Waals surface area contributed by atoms with Crippen LogP contribution in [0.3, 0.4) is 0 Å². The zero-order chi connectivity index (χ0) is 13.7. The Bertz CT molecular complexity index is 374. The first kappa shape index (κ1) is 15.8. The van der Waals surface area contributed by atoms with E-state index in [1.165, 1.54) is 12.1 Å². The first-order chi connectivity index (χ1) is 8.47. The third-order valence-electron chi connectivity index (χ3n) is 3.23. The normalized spacial score (nSPS) is 14.3. The molecule has 2 atom stereocenters. The minimum atomic E-state index is -0.326. The molecule has 18 heavy (non-hydrogen) atoms. The van der Waals surface area contributed by atoms with E-state index in [2.05, 4.69) is 42.0 Å². The zero-order valence-electron chi connectivity index (χ0n) is 11.1. The van der Waals surface area contributed by atoms with Crippen LogP contribution in [-0.2, 0) is 0 Å². The maximum atomic E-state index is 13.2. The fourth-order valence-corrected chi connectivity index (χ4v) is 2.79. The molecule has 0 spiro atoms. The second-order valence-corrected chi connectivity index (χ2v) is 6.00. The van der Waals surface area contributed by atoms with Crippen molar-refractivity contribution in [1.82, 2.24) is 0 Å². The summed E-state index contributed by atoms with van der Waals surface area (Å²) in [6.45, 7) is 6.58. The Morgan fingerprint density at radius 2 is 2.00 bits per heavy atom. The summed E-state index contributed by atoms with van der Waals surface area (Å²) >= 11 is 9.43. The number of nitrogens with one attached hydrogen (secondary N) is 1. The maximum Gasteiger partial charge on any atom is 0.125 e. The van der Waals surface area contributed by atoms with Gasteiger partial charge in [-0.2, -0.15) is 0 Å². The van der Waals surface area contributed by atoms with Crippen LogP contribution in [0.1, 0.15) is 40.0 Å². The van der Waals surface area contributed by atoms with Crippen LogP contribution in [0, 0.1) is 11.7 Å². The lowest BCUT2D eigenvalue weighted by molar-refractivity contribution is 0.461. The van der Waals surface area contributed by atoms with Crippen molar-refractivity contribution in [2.75, 3.05) is 5.32 Å². The highest BCUT2D eigenvalue weighted by molar-refractivity contribution is 9.10. The molecular weight excluding hydrogens is 317 g/mol. The molecule has 0 saturated heterocycles. The van der Waals surface area contributed by atoms with Crippen LogP contribution in [-0.4, -0.2) is 6.04 Å². The number of halogens is 3. The zero-order valence-corrected chi connectivity index (χ0v) is 13.4. The fraction of sp³-hybridized carbons (Fsp3) is 0.571. The average Bonchev–Trinajstić information content (AvgIpc) is 2.31. The van der Waals surface area contributed by atoms with Crippen molar-refractivity contribution in [3.8, 4) is 0 Å². The van der Waals surface area contributed by atoms with Crippen LogP contribution in [0.25, 0.3) is 0 Å². The number of hydrogen-bond acceptors (Lipinski definition) is 1. The largest absolute Gasteiger partial charge is 0.380 e. The van der Waals surface area contributed by atoms with Crippen molar-refractivity contribution in [2.24, 2.45) is 5.92 Å². The highest BCUT2D eigenvalue weighted by Gasteiger charge is 2.14. The Hall–Kier alpha value is -0.280. The molecule has 0 radical (unpaired) electrons. The molecule has 0 bridgehead atoms. The second kappa shape index (κ2) is 7.34. The van der Waals surface area contributed by atoms with Crippen LogP contribution in [0.2, 0.25) is 5.02 Å². The summed E-state index contributed by atoms with van der Waals surface area (Å²) in [5.74, 6) is 0.341. The summed E-state index contributed by atoms with van der Waals surface area (Å²) in [6.07, 6.45) is 3.27. The molecule has 0 saturated carbocycles. The van der Waals surface area contributed by atoms with Crippen molar-refractivity contribution < 1.29 is 4.39 Å². The smallest absolute Gasteiger partial charge is 0.125 e. The van der Waals surface area contributed by atoms with Crippen LogP contribution < -0.4 is 5.32 Å². The highest BCUT2D eigenvalue weighted by atomic mass is 79.9. The van der Waals surface area contributed by atoms with Gasteiger partial charge in [0.1, 0.15) is 5.82 Å². The number of benzene rings is 1. The molecule has 0 fully saturated rings. The van der Waals surface area contributed by atoms with Crippen molar-refractivity contribution in [1.29, 1.82) is 0 Å². The lowest BCUT2D eigenvalue weighted by Gasteiger charge is -2.23. The van der Waals surface area contributed by atoms with Gasteiger partial charge in [0.15, 0.2) is 0 Å². The molecule has 1 N–H and O–H groups in total. The summed E-state index contributed by atoms with van der Waals surface area (Å²) in [5, 5.41) is 3.83. The van der Waals surface area contributed by atoms with E-state index in [0.29, 0.717) is 21.5 Å². The van der Waals surface area contributed by atoms with Gasteiger partial charge in [0, 0.05) is 10.5 Å². The van der Waals surface area contributed by atoms with Gasteiger partial charge in [-0.15, -0.1) is 0 Å². The minimum Gasteiger partial charge on any atom is -0.380 e. The van der Waals surface area contributed by atoms with Crippen LogP contribution in [0.4, 0.5) is 10.1 Å². The SMILES string of the molecule is CCC(C)CC(CC)Nc1c(Cl)cc(F)cc1Br. The Morgan fingerprint density at radius 3 is 2.50 bits per heavy atom. The molecule has 1 aromatic rings. The van der Waals surface area contributed by atoms with Gasteiger partial charge in [0.25, 0.3) is 0 Å². The van der Waals surface area contributed by atoms with E-state index >= 15 is 0 Å². The Balaban J connectivity index is 2.82. The van der Waals surface area contributed by atoms with Gasteiger partial charge in [0.05, 0.1) is 10.7 Å². The third kappa shape index (κ3) is 4.43. The van der Waals surface area contributed by atoms with Gasteiger partial charge < -0.3 is 5.32 Å². The molecular formula is C14H20BrClFN. The van der Waals surface area contributed by atoms with E-state index in [0.717, 1.165) is 24.9 Å². The van der Waals surface area contributed by atoms with Gasteiger partial charge >= 0.3 is 0 Å². The molecule has 1 rings (SSSR count). The molecule has 0 amide bonds. The first-order valence-electron chi connectivity index (χ1n) is 6.38. The topological polar surface area (TPSA) is 12.0 Å². The number of hydrogen-bond donors (Lipinski definition) is 1. The van der Waals surface area contributed by atoms with Gasteiger partial charge in [-0.25, -0.2) is 4.39 Å².